The lowest BCUT2D eigenvalue weighted by molar-refractivity contribution is 0.587. The van der Waals surface area contributed by atoms with Gasteiger partial charge >= 0.3 is 0 Å². The Kier molecular flexibility index (Phi) is 5.75. The predicted molar refractivity (Wildman–Crippen MR) is 86.5 cm³/mol. The number of rotatable bonds is 8. The summed E-state index contributed by atoms with van der Waals surface area (Å²) in [6.07, 6.45) is 3.16. The van der Waals surface area contributed by atoms with E-state index in [0.717, 1.165) is 38.3 Å². The normalized spacial score (nSPS) is 10.8. The molecule has 114 valence electrons. The summed E-state index contributed by atoms with van der Waals surface area (Å²) in [7, 11) is 2.11. The average Bonchev–Trinajstić information content (AvgIpc) is 2.93. The molecule has 0 amide bonds. The summed E-state index contributed by atoms with van der Waals surface area (Å²) in [5.74, 6) is 0. The first-order valence-electron chi connectivity index (χ1n) is 7.57. The van der Waals surface area contributed by atoms with Crippen molar-refractivity contribution in [2.24, 2.45) is 0 Å². The van der Waals surface area contributed by atoms with Crippen molar-refractivity contribution in [1.82, 2.24) is 20.3 Å². The van der Waals surface area contributed by atoms with Gasteiger partial charge in [0, 0.05) is 32.0 Å². The van der Waals surface area contributed by atoms with E-state index in [1.54, 1.807) is 0 Å². The van der Waals surface area contributed by atoms with Crippen LogP contribution in [0, 0.1) is 6.92 Å². The zero-order valence-electron chi connectivity index (χ0n) is 13.2. The van der Waals surface area contributed by atoms with Gasteiger partial charge in [0.15, 0.2) is 0 Å². The van der Waals surface area contributed by atoms with Crippen molar-refractivity contribution < 1.29 is 0 Å². The smallest absolute Gasteiger partial charge is 0.0964 e. The molecule has 0 aliphatic heterocycles. The Morgan fingerprint density at radius 2 is 2.10 bits per heavy atom. The van der Waals surface area contributed by atoms with E-state index in [1.165, 1.54) is 11.3 Å². The van der Waals surface area contributed by atoms with Crippen LogP contribution in [0.2, 0.25) is 0 Å². The Hall–Kier alpha value is -1.88. The van der Waals surface area contributed by atoms with Crippen LogP contribution in [0.5, 0.6) is 0 Å². The number of anilines is 1. The van der Waals surface area contributed by atoms with Gasteiger partial charge in [-0.15, -0.1) is 5.10 Å². The van der Waals surface area contributed by atoms with Crippen LogP contribution in [0.25, 0.3) is 0 Å². The van der Waals surface area contributed by atoms with Crippen molar-refractivity contribution >= 4 is 5.69 Å². The number of aromatic nitrogens is 3. The van der Waals surface area contributed by atoms with Gasteiger partial charge in [-0.3, -0.25) is 4.68 Å². The molecular weight excluding hydrogens is 262 g/mol. The minimum atomic E-state index is 0.793. The summed E-state index contributed by atoms with van der Waals surface area (Å²) >= 11 is 0. The maximum absolute atomic E-state index is 4.19. The second-order valence-electron chi connectivity index (χ2n) is 5.36. The highest BCUT2D eigenvalue weighted by Gasteiger charge is 2.05. The predicted octanol–water partition coefficient (Wildman–Crippen LogP) is 2.22. The van der Waals surface area contributed by atoms with Gasteiger partial charge in [-0.2, -0.15) is 0 Å². The molecule has 2 rings (SSSR count). The van der Waals surface area contributed by atoms with Gasteiger partial charge in [-0.1, -0.05) is 30.3 Å². The van der Waals surface area contributed by atoms with Crippen molar-refractivity contribution in [3.05, 3.63) is 41.7 Å². The first kappa shape index (κ1) is 15.5. The van der Waals surface area contributed by atoms with Crippen LogP contribution in [0.1, 0.15) is 24.6 Å². The molecule has 1 heterocycles. The lowest BCUT2D eigenvalue weighted by atomic mass is 10.2. The highest BCUT2D eigenvalue weighted by molar-refractivity contribution is 5.52. The highest BCUT2D eigenvalue weighted by atomic mass is 15.4. The van der Waals surface area contributed by atoms with Crippen LogP contribution in [0.15, 0.2) is 30.5 Å². The van der Waals surface area contributed by atoms with Gasteiger partial charge < -0.3 is 10.2 Å². The van der Waals surface area contributed by atoms with E-state index in [2.05, 4.69) is 65.7 Å². The van der Waals surface area contributed by atoms with Crippen LogP contribution in [-0.4, -0.2) is 35.1 Å². The second-order valence-corrected chi connectivity index (χ2v) is 5.36. The summed E-state index contributed by atoms with van der Waals surface area (Å²) in [5.41, 5.74) is 3.56. The van der Waals surface area contributed by atoms with Crippen LogP contribution in [0.4, 0.5) is 5.69 Å². The van der Waals surface area contributed by atoms with Crippen molar-refractivity contribution in [3.63, 3.8) is 0 Å². The first-order chi connectivity index (χ1) is 10.2. The summed E-state index contributed by atoms with van der Waals surface area (Å²) in [6, 6.07) is 8.43. The third-order valence-corrected chi connectivity index (χ3v) is 3.51. The fraction of sp³-hybridized carbons (Fsp3) is 0.500. The summed E-state index contributed by atoms with van der Waals surface area (Å²) in [4.78, 5) is 2.26. The minimum absolute atomic E-state index is 0.793. The fourth-order valence-corrected chi connectivity index (χ4v) is 2.29. The van der Waals surface area contributed by atoms with Gasteiger partial charge in [0.2, 0.25) is 0 Å². The van der Waals surface area contributed by atoms with Crippen molar-refractivity contribution in [1.29, 1.82) is 0 Å². The molecule has 0 spiro atoms. The average molecular weight is 287 g/mol. The summed E-state index contributed by atoms with van der Waals surface area (Å²) < 4.78 is 1.91. The molecule has 21 heavy (non-hydrogen) atoms. The van der Waals surface area contributed by atoms with Crippen molar-refractivity contribution in [2.75, 3.05) is 25.0 Å². The molecule has 0 unspecified atom stereocenters. The Morgan fingerprint density at radius 1 is 1.29 bits per heavy atom. The Bertz CT molecular complexity index is 549. The standard InChI is InChI=1S/C16H25N5/c1-4-9-17-12-15-13-21(19-18-15)11-10-20(3)16-8-6-5-7-14(16)2/h5-8,13,17H,4,9-12H2,1-3H3. The van der Waals surface area contributed by atoms with Crippen LogP contribution < -0.4 is 10.2 Å². The molecule has 2 aromatic rings. The number of hydrogen-bond acceptors (Lipinski definition) is 4. The van der Waals surface area contributed by atoms with Crippen molar-refractivity contribution in [2.45, 2.75) is 33.4 Å². The largest absolute Gasteiger partial charge is 0.373 e. The third-order valence-electron chi connectivity index (χ3n) is 3.51. The molecule has 0 fully saturated rings. The van der Waals surface area contributed by atoms with Crippen molar-refractivity contribution in [3.8, 4) is 0 Å². The number of nitrogens with zero attached hydrogens (tertiary/aromatic N) is 4. The SMILES string of the molecule is CCCNCc1cn(CCN(C)c2ccccc2C)nn1. The van der Waals surface area contributed by atoms with E-state index in [4.69, 9.17) is 0 Å². The quantitative estimate of drug-likeness (QED) is 0.756. The van der Waals surface area contributed by atoms with Crippen LogP contribution in [-0.2, 0) is 13.1 Å². The van der Waals surface area contributed by atoms with Gasteiger partial charge in [-0.05, 0) is 31.5 Å². The number of para-hydroxylation sites is 1. The van der Waals surface area contributed by atoms with Crippen LogP contribution in [0.3, 0.4) is 0 Å². The molecule has 1 aromatic heterocycles. The molecule has 0 radical (unpaired) electrons. The number of aryl methyl sites for hydroxylation is 1. The summed E-state index contributed by atoms with van der Waals surface area (Å²) in [5, 5.41) is 11.7. The second kappa shape index (κ2) is 7.78. The van der Waals surface area contributed by atoms with Gasteiger partial charge in [0.25, 0.3) is 0 Å². The molecule has 0 aliphatic carbocycles. The van der Waals surface area contributed by atoms with Gasteiger partial charge in [-0.25, -0.2) is 0 Å². The molecule has 5 nitrogen and oxygen atoms in total. The Balaban J connectivity index is 1.84. The minimum Gasteiger partial charge on any atom is -0.373 e. The van der Waals surface area contributed by atoms with Gasteiger partial charge in [0.05, 0.1) is 12.2 Å². The number of benzene rings is 1. The van der Waals surface area contributed by atoms with E-state index in [0.29, 0.717) is 0 Å². The zero-order valence-corrected chi connectivity index (χ0v) is 13.2. The lowest BCUT2D eigenvalue weighted by Crippen LogP contribution is -2.23. The highest BCUT2D eigenvalue weighted by Crippen LogP contribution is 2.17. The molecule has 0 saturated heterocycles. The van der Waals surface area contributed by atoms with Crippen LogP contribution >= 0.6 is 0 Å². The van der Waals surface area contributed by atoms with E-state index >= 15 is 0 Å². The first-order valence-corrected chi connectivity index (χ1v) is 7.57. The molecular formula is C16H25N5. The topological polar surface area (TPSA) is 46.0 Å². The van der Waals surface area contributed by atoms with Gasteiger partial charge in [0.1, 0.15) is 0 Å². The van der Waals surface area contributed by atoms with E-state index in [1.807, 2.05) is 10.9 Å². The van der Waals surface area contributed by atoms with E-state index in [-0.39, 0.29) is 0 Å². The van der Waals surface area contributed by atoms with E-state index in [9.17, 15) is 0 Å². The number of hydrogen-bond donors (Lipinski definition) is 1. The molecule has 0 bridgehead atoms. The zero-order chi connectivity index (χ0) is 15.1. The molecule has 1 aromatic carbocycles. The Morgan fingerprint density at radius 3 is 2.86 bits per heavy atom. The molecule has 1 N–H and O–H groups in total. The molecule has 0 aliphatic rings. The summed E-state index contributed by atoms with van der Waals surface area (Å²) in [6.45, 7) is 7.86. The number of nitrogens with one attached hydrogen (secondary N) is 1. The lowest BCUT2D eigenvalue weighted by Gasteiger charge is -2.21. The molecule has 5 heteroatoms. The monoisotopic (exact) mass is 287 g/mol. The number of likely N-dealkylation sites (N-methyl/N-ethyl adjacent to an activating group) is 1. The third kappa shape index (κ3) is 4.56. The molecule has 0 atom stereocenters. The maximum Gasteiger partial charge on any atom is 0.0964 e. The van der Waals surface area contributed by atoms with E-state index < -0.39 is 0 Å². The fourth-order valence-electron chi connectivity index (χ4n) is 2.29. The maximum atomic E-state index is 4.19. The molecule has 0 saturated carbocycles. The Labute approximate surface area is 127 Å².